The van der Waals surface area contributed by atoms with E-state index in [0.717, 1.165) is 11.1 Å². The molecule has 3 aromatic carbocycles. The van der Waals surface area contributed by atoms with Crippen molar-refractivity contribution in [1.29, 1.82) is 0 Å². The first kappa shape index (κ1) is 22.9. The summed E-state index contributed by atoms with van der Waals surface area (Å²) in [6.45, 7) is 3.64. The lowest BCUT2D eigenvalue weighted by Gasteiger charge is -2.10. The van der Waals surface area contributed by atoms with E-state index in [-0.39, 0.29) is 16.5 Å². The van der Waals surface area contributed by atoms with Crippen molar-refractivity contribution in [1.82, 2.24) is 10.3 Å². The molecule has 10 heteroatoms. The van der Waals surface area contributed by atoms with Gasteiger partial charge in [0.05, 0.1) is 4.92 Å². The van der Waals surface area contributed by atoms with Crippen molar-refractivity contribution in [2.24, 2.45) is 0 Å². The van der Waals surface area contributed by atoms with E-state index >= 15 is 0 Å². The molecule has 0 radical (unpaired) electrons. The Labute approximate surface area is 199 Å². The second-order valence-corrected chi connectivity index (χ2v) is 7.92. The van der Waals surface area contributed by atoms with Crippen LogP contribution in [0.2, 0.25) is 0 Å². The molecule has 1 amide bonds. The molecule has 0 atom stereocenters. The van der Waals surface area contributed by atoms with Crippen LogP contribution in [0.15, 0.2) is 65.1 Å². The molecule has 4 rings (SSSR count). The predicted molar refractivity (Wildman–Crippen MR) is 132 cm³/mol. The van der Waals surface area contributed by atoms with Crippen molar-refractivity contribution >= 4 is 45.7 Å². The monoisotopic (exact) mass is 476 g/mol. The van der Waals surface area contributed by atoms with E-state index in [0.29, 0.717) is 22.7 Å². The summed E-state index contributed by atoms with van der Waals surface area (Å²) in [6, 6.07) is 17.1. The van der Waals surface area contributed by atoms with Gasteiger partial charge in [-0.25, -0.2) is 4.98 Å². The third-order valence-corrected chi connectivity index (χ3v) is 5.28. The summed E-state index contributed by atoms with van der Waals surface area (Å²) in [5.41, 5.74) is 4.85. The van der Waals surface area contributed by atoms with Crippen LogP contribution in [0.25, 0.3) is 22.6 Å². The number of ether oxygens (including phenoxy) is 1. The quantitative estimate of drug-likeness (QED) is 0.229. The SMILES string of the molecule is Cc1ccc(-c2nc3cc(NC(=S)NC(=O)COc4ccccc4[N+](=O)[O-])ccc3o2)cc1C. The lowest BCUT2D eigenvalue weighted by molar-refractivity contribution is -0.385. The normalized spacial score (nSPS) is 10.6. The molecule has 1 aromatic heterocycles. The van der Waals surface area contributed by atoms with Crippen molar-refractivity contribution in [2.75, 3.05) is 11.9 Å². The Kier molecular flexibility index (Phi) is 6.51. The molecule has 0 bridgehead atoms. The number of hydrogen-bond acceptors (Lipinski definition) is 7. The Morgan fingerprint density at radius 2 is 1.91 bits per heavy atom. The van der Waals surface area contributed by atoms with Gasteiger partial charge in [-0.2, -0.15) is 0 Å². The van der Waals surface area contributed by atoms with Gasteiger partial charge < -0.3 is 14.5 Å². The number of carbonyl (C=O) groups excluding carboxylic acids is 1. The predicted octanol–water partition coefficient (Wildman–Crippen LogP) is 4.91. The molecule has 0 aliphatic carbocycles. The summed E-state index contributed by atoms with van der Waals surface area (Å²) in [5, 5.41) is 16.5. The Hall–Kier alpha value is -4.31. The molecule has 0 unspecified atom stereocenters. The summed E-state index contributed by atoms with van der Waals surface area (Å²) >= 11 is 5.19. The summed E-state index contributed by atoms with van der Waals surface area (Å²) in [5.74, 6) is -0.0499. The van der Waals surface area contributed by atoms with E-state index in [4.69, 9.17) is 21.4 Å². The molecule has 0 fully saturated rings. The Morgan fingerprint density at radius 3 is 2.68 bits per heavy atom. The molecule has 0 saturated carbocycles. The van der Waals surface area contributed by atoms with Crippen molar-refractivity contribution < 1.29 is 18.9 Å². The third kappa shape index (κ3) is 5.18. The number of anilines is 1. The van der Waals surface area contributed by atoms with Gasteiger partial charge in [-0.1, -0.05) is 18.2 Å². The second-order valence-electron chi connectivity index (χ2n) is 7.52. The number of benzene rings is 3. The molecule has 172 valence electrons. The number of aryl methyl sites for hydroxylation is 2. The van der Waals surface area contributed by atoms with E-state index in [9.17, 15) is 14.9 Å². The van der Waals surface area contributed by atoms with Crippen LogP contribution in [0.1, 0.15) is 11.1 Å². The van der Waals surface area contributed by atoms with Gasteiger partial charge in [0.25, 0.3) is 5.91 Å². The molecule has 4 aromatic rings. The first-order valence-corrected chi connectivity index (χ1v) is 10.7. The first-order valence-electron chi connectivity index (χ1n) is 10.3. The minimum Gasteiger partial charge on any atom is -0.477 e. The van der Waals surface area contributed by atoms with Crippen LogP contribution in [0.4, 0.5) is 11.4 Å². The number of nitro groups is 1. The molecular weight excluding hydrogens is 456 g/mol. The maximum atomic E-state index is 12.2. The van der Waals surface area contributed by atoms with Crippen LogP contribution in [-0.2, 0) is 4.79 Å². The van der Waals surface area contributed by atoms with Crippen LogP contribution in [0.3, 0.4) is 0 Å². The van der Waals surface area contributed by atoms with Crippen molar-refractivity contribution in [3.63, 3.8) is 0 Å². The number of nitro benzene ring substituents is 1. The summed E-state index contributed by atoms with van der Waals surface area (Å²) in [6.07, 6.45) is 0. The maximum absolute atomic E-state index is 12.2. The average molecular weight is 477 g/mol. The maximum Gasteiger partial charge on any atom is 0.310 e. The fourth-order valence-electron chi connectivity index (χ4n) is 3.20. The first-order chi connectivity index (χ1) is 16.3. The van der Waals surface area contributed by atoms with Crippen LogP contribution < -0.4 is 15.4 Å². The lowest BCUT2D eigenvalue weighted by atomic mass is 10.1. The zero-order valence-electron chi connectivity index (χ0n) is 18.3. The van der Waals surface area contributed by atoms with Crippen LogP contribution in [0.5, 0.6) is 5.75 Å². The minimum absolute atomic E-state index is 0.00224. The summed E-state index contributed by atoms with van der Waals surface area (Å²) in [7, 11) is 0. The number of rotatable bonds is 6. The van der Waals surface area contributed by atoms with Gasteiger partial charge in [0.1, 0.15) is 5.52 Å². The van der Waals surface area contributed by atoms with Crippen molar-refractivity contribution in [3.05, 3.63) is 81.9 Å². The van der Waals surface area contributed by atoms with Crippen LogP contribution in [-0.4, -0.2) is 27.5 Å². The number of nitrogens with one attached hydrogen (secondary N) is 2. The number of nitrogens with zero attached hydrogens (tertiary/aromatic N) is 2. The molecule has 0 spiro atoms. The Bertz CT molecular complexity index is 1420. The van der Waals surface area contributed by atoms with Gasteiger partial charge in [0.15, 0.2) is 23.1 Å². The fraction of sp³-hybridized carbons (Fsp3) is 0.125. The van der Waals surface area contributed by atoms with Crippen LogP contribution in [0, 0.1) is 24.0 Å². The third-order valence-electron chi connectivity index (χ3n) is 5.07. The van der Waals surface area contributed by atoms with Gasteiger partial charge in [0.2, 0.25) is 5.89 Å². The Balaban J connectivity index is 1.38. The van der Waals surface area contributed by atoms with Crippen LogP contribution >= 0.6 is 12.2 Å². The molecule has 0 aliphatic rings. The van der Waals surface area contributed by atoms with E-state index in [1.54, 1.807) is 24.3 Å². The van der Waals surface area contributed by atoms with Crippen molar-refractivity contribution in [2.45, 2.75) is 13.8 Å². The van der Waals surface area contributed by atoms with E-state index in [1.165, 1.54) is 23.8 Å². The van der Waals surface area contributed by atoms with Gasteiger partial charge in [-0.3, -0.25) is 20.2 Å². The number of carbonyl (C=O) groups is 1. The minimum atomic E-state index is -0.578. The van der Waals surface area contributed by atoms with Crippen molar-refractivity contribution in [3.8, 4) is 17.2 Å². The van der Waals surface area contributed by atoms with E-state index < -0.39 is 17.4 Å². The number of hydrogen-bond donors (Lipinski definition) is 2. The highest BCUT2D eigenvalue weighted by Crippen LogP contribution is 2.28. The molecular formula is C24H20N4O5S. The van der Waals surface area contributed by atoms with Gasteiger partial charge in [-0.15, -0.1) is 0 Å². The highest BCUT2D eigenvalue weighted by atomic mass is 32.1. The number of para-hydroxylation sites is 2. The number of thiocarbonyl (C=S) groups is 1. The average Bonchev–Trinajstić information content (AvgIpc) is 3.23. The second kappa shape index (κ2) is 9.67. The van der Waals surface area contributed by atoms with E-state index in [2.05, 4.69) is 15.6 Å². The molecule has 1 heterocycles. The standard InChI is InChI=1S/C24H20N4O5S/c1-14-7-8-16(11-15(14)2)23-26-18-12-17(9-10-20(18)33-23)25-24(34)27-22(29)13-32-21-6-4-3-5-19(21)28(30)31/h3-12H,13H2,1-2H3,(H2,25,27,29,34). The van der Waals surface area contributed by atoms with Gasteiger partial charge in [-0.05, 0) is 73.6 Å². The molecule has 34 heavy (non-hydrogen) atoms. The topological polar surface area (TPSA) is 120 Å². The molecule has 9 nitrogen and oxygen atoms in total. The fourth-order valence-corrected chi connectivity index (χ4v) is 3.43. The number of amides is 1. The number of oxazole rings is 1. The largest absolute Gasteiger partial charge is 0.477 e. The van der Waals surface area contributed by atoms with E-state index in [1.807, 2.05) is 32.0 Å². The highest BCUT2D eigenvalue weighted by molar-refractivity contribution is 7.80. The Morgan fingerprint density at radius 1 is 1.12 bits per heavy atom. The molecule has 0 saturated heterocycles. The lowest BCUT2D eigenvalue weighted by Crippen LogP contribution is -2.37. The zero-order valence-corrected chi connectivity index (χ0v) is 19.1. The smallest absolute Gasteiger partial charge is 0.310 e. The summed E-state index contributed by atoms with van der Waals surface area (Å²) < 4.78 is 11.1. The molecule has 0 aliphatic heterocycles. The summed E-state index contributed by atoms with van der Waals surface area (Å²) in [4.78, 5) is 27.2. The zero-order chi connectivity index (χ0) is 24.2. The molecule has 2 N–H and O–H groups in total. The van der Waals surface area contributed by atoms with Gasteiger partial charge in [0, 0.05) is 17.3 Å². The number of fused-ring (bicyclic) bond motifs is 1. The highest BCUT2D eigenvalue weighted by Gasteiger charge is 2.16. The number of aromatic nitrogens is 1. The van der Waals surface area contributed by atoms with Gasteiger partial charge >= 0.3 is 5.69 Å².